The van der Waals surface area contributed by atoms with Crippen molar-refractivity contribution < 1.29 is 19.3 Å². The fourth-order valence-corrected chi connectivity index (χ4v) is 4.58. The Labute approximate surface area is 161 Å². The summed E-state index contributed by atoms with van der Waals surface area (Å²) in [6.07, 6.45) is 5.09. The van der Waals surface area contributed by atoms with E-state index in [2.05, 4.69) is 10.3 Å². The zero-order chi connectivity index (χ0) is 20.0. The van der Waals surface area contributed by atoms with Gasteiger partial charge in [0.2, 0.25) is 11.8 Å². The molecular formula is C19H20N4O5. The molecule has 146 valence electrons. The summed E-state index contributed by atoms with van der Waals surface area (Å²) in [5.41, 5.74) is 0.848. The third-order valence-electron chi connectivity index (χ3n) is 6.03. The number of carbonyl (C=O) groups is 3. The molecule has 0 spiro atoms. The number of fused-ring (bicyclic) bond motifs is 2. The number of nitro benzene ring substituents is 1. The van der Waals surface area contributed by atoms with Gasteiger partial charge in [0.25, 0.3) is 5.69 Å². The van der Waals surface area contributed by atoms with E-state index in [9.17, 15) is 24.5 Å². The number of amides is 4. The van der Waals surface area contributed by atoms with Gasteiger partial charge in [0, 0.05) is 24.4 Å². The Kier molecular flexibility index (Phi) is 4.44. The first-order valence-electron chi connectivity index (χ1n) is 9.32. The van der Waals surface area contributed by atoms with Crippen LogP contribution in [0.5, 0.6) is 0 Å². The molecule has 9 heteroatoms. The maximum absolute atomic E-state index is 12.9. The minimum Gasteiger partial charge on any atom is -0.277 e. The highest BCUT2D eigenvalue weighted by Gasteiger charge is 2.50. The maximum Gasteiger partial charge on any atom is 0.331 e. The van der Waals surface area contributed by atoms with Crippen molar-refractivity contribution in [3.8, 4) is 0 Å². The summed E-state index contributed by atoms with van der Waals surface area (Å²) in [4.78, 5) is 53.3. The summed E-state index contributed by atoms with van der Waals surface area (Å²) in [6, 6.07) is 3.37. The molecule has 4 amide bonds. The van der Waals surface area contributed by atoms with Crippen LogP contribution in [0, 0.1) is 34.8 Å². The molecule has 0 aromatic heterocycles. The van der Waals surface area contributed by atoms with Gasteiger partial charge < -0.3 is 0 Å². The zero-order valence-corrected chi connectivity index (χ0v) is 15.3. The van der Waals surface area contributed by atoms with E-state index in [4.69, 9.17) is 0 Å². The second kappa shape index (κ2) is 6.81. The van der Waals surface area contributed by atoms with E-state index in [0.29, 0.717) is 23.1 Å². The van der Waals surface area contributed by atoms with Gasteiger partial charge in [-0.2, -0.15) is 0 Å². The van der Waals surface area contributed by atoms with E-state index in [1.807, 2.05) is 0 Å². The Morgan fingerprint density at radius 1 is 1.25 bits per heavy atom. The number of imide groups is 2. The predicted molar refractivity (Wildman–Crippen MR) is 99.1 cm³/mol. The highest BCUT2D eigenvalue weighted by Crippen LogP contribution is 2.47. The van der Waals surface area contributed by atoms with Crippen molar-refractivity contribution in [3.05, 3.63) is 33.9 Å². The Bertz CT molecular complexity index is 912. The van der Waals surface area contributed by atoms with Crippen LogP contribution in [-0.4, -0.2) is 39.9 Å². The van der Waals surface area contributed by atoms with Gasteiger partial charge in [-0.15, -0.1) is 0 Å². The van der Waals surface area contributed by atoms with E-state index >= 15 is 0 Å². The van der Waals surface area contributed by atoms with Crippen LogP contribution in [0.2, 0.25) is 0 Å². The van der Waals surface area contributed by atoms with Crippen molar-refractivity contribution in [2.24, 2.45) is 22.7 Å². The number of aryl methyl sites for hydroxylation is 1. The molecule has 1 heterocycles. The zero-order valence-electron chi connectivity index (χ0n) is 15.3. The smallest absolute Gasteiger partial charge is 0.277 e. The molecule has 1 aromatic carbocycles. The van der Waals surface area contributed by atoms with Crippen molar-refractivity contribution in [1.29, 1.82) is 0 Å². The number of hydrogen-bond acceptors (Lipinski definition) is 6. The third kappa shape index (κ3) is 3.06. The van der Waals surface area contributed by atoms with E-state index < -0.39 is 28.7 Å². The standard InChI is InChI=1S/C19H20N4O5/c1-10-2-5-13(23(27)28)8-15(10)20-9-14-17(24)21-19(26)22(18(14)25)16-7-11-3-4-12(16)6-11/h2,5,8-9,11-12,14,16H,3-4,6-7H2,1H3,(H,21,24,26)/t11-,12-,14+,16-/m0/s1. The van der Waals surface area contributed by atoms with Gasteiger partial charge in [-0.25, -0.2) is 4.79 Å². The van der Waals surface area contributed by atoms with Crippen molar-refractivity contribution in [2.45, 2.75) is 38.6 Å². The second-order valence-electron chi connectivity index (χ2n) is 7.73. The van der Waals surface area contributed by atoms with Crippen LogP contribution in [0.15, 0.2) is 23.2 Å². The van der Waals surface area contributed by atoms with Gasteiger partial charge in [-0.05, 0) is 43.6 Å². The first-order chi connectivity index (χ1) is 13.3. The molecule has 4 rings (SSSR count). The number of non-ortho nitro benzene ring substituents is 1. The minimum atomic E-state index is -1.23. The van der Waals surface area contributed by atoms with Crippen LogP contribution < -0.4 is 5.32 Å². The summed E-state index contributed by atoms with van der Waals surface area (Å²) in [5.74, 6) is -1.69. The molecule has 0 radical (unpaired) electrons. The lowest BCUT2D eigenvalue weighted by Gasteiger charge is -2.36. The molecule has 9 nitrogen and oxygen atoms in total. The first-order valence-corrected chi connectivity index (χ1v) is 9.32. The average molecular weight is 384 g/mol. The normalized spacial score (nSPS) is 29.6. The van der Waals surface area contributed by atoms with Crippen molar-refractivity contribution in [3.63, 3.8) is 0 Å². The summed E-state index contributed by atoms with van der Waals surface area (Å²) in [5, 5.41) is 13.2. The number of aliphatic imine (C=N–C) groups is 1. The van der Waals surface area contributed by atoms with Gasteiger partial charge in [-0.1, -0.05) is 12.5 Å². The number of carbonyl (C=O) groups excluding carboxylic acids is 3. The van der Waals surface area contributed by atoms with Gasteiger partial charge in [0.1, 0.15) is 0 Å². The second-order valence-corrected chi connectivity index (χ2v) is 7.73. The number of rotatable bonds is 4. The monoisotopic (exact) mass is 384 g/mol. The summed E-state index contributed by atoms with van der Waals surface area (Å²) >= 11 is 0. The summed E-state index contributed by atoms with van der Waals surface area (Å²) < 4.78 is 0. The van der Waals surface area contributed by atoms with E-state index in [-0.39, 0.29) is 11.7 Å². The average Bonchev–Trinajstić information content (AvgIpc) is 3.25. The number of benzene rings is 1. The van der Waals surface area contributed by atoms with Crippen LogP contribution in [0.3, 0.4) is 0 Å². The Morgan fingerprint density at radius 3 is 2.68 bits per heavy atom. The van der Waals surface area contributed by atoms with Crippen molar-refractivity contribution in [2.75, 3.05) is 0 Å². The van der Waals surface area contributed by atoms with Crippen molar-refractivity contribution >= 4 is 35.4 Å². The van der Waals surface area contributed by atoms with Gasteiger partial charge in [-0.3, -0.25) is 34.9 Å². The van der Waals surface area contributed by atoms with Crippen LogP contribution in [-0.2, 0) is 9.59 Å². The van der Waals surface area contributed by atoms with Gasteiger partial charge in [0.15, 0.2) is 5.92 Å². The number of nitro groups is 1. The lowest BCUT2D eigenvalue weighted by atomic mass is 9.92. The molecule has 28 heavy (non-hydrogen) atoms. The number of barbiturate groups is 1. The molecule has 0 unspecified atom stereocenters. The van der Waals surface area contributed by atoms with Crippen LogP contribution >= 0.6 is 0 Å². The fraction of sp³-hybridized carbons (Fsp3) is 0.474. The van der Waals surface area contributed by atoms with Crippen molar-refractivity contribution in [1.82, 2.24) is 10.2 Å². The largest absolute Gasteiger partial charge is 0.331 e. The minimum absolute atomic E-state index is 0.129. The number of urea groups is 1. The topological polar surface area (TPSA) is 122 Å². The van der Waals surface area contributed by atoms with Crippen LogP contribution in [0.25, 0.3) is 0 Å². The summed E-state index contributed by atoms with van der Waals surface area (Å²) in [7, 11) is 0. The first kappa shape index (κ1) is 18.3. The molecule has 1 aromatic rings. The quantitative estimate of drug-likeness (QED) is 0.370. The Balaban J connectivity index is 1.58. The SMILES string of the molecule is Cc1ccc([N+](=O)[O-])cc1N=C[C@@H]1C(=O)NC(=O)N([C@H]2C[C@H]3CC[C@H]2C3)C1=O. The van der Waals surface area contributed by atoms with E-state index in [0.717, 1.165) is 25.7 Å². The van der Waals surface area contributed by atoms with E-state index in [1.165, 1.54) is 23.2 Å². The molecule has 1 aliphatic heterocycles. The Morgan fingerprint density at radius 2 is 2.04 bits per heavy atom. The Hall–Kier alpha value is -3.10. The molecule has 4 atom stereocenters. The fourth-order valence-electron chi connectivity index (χ4n) is 4.58. The molecule has 2 bridgehead atoms. The van der Waals surface area contributed by atoms with Gasteiger partial charge >= 0.3 is 6.03 Å². The molecule has 2 saturated carbocycles. The van der Waals surface area contributed by atoms with Gasteiger partial charge in [0.05, 0.1) is 10.6 Å². The predicted octanol–water partition coefficient (Wildman–Crippen LogP) is 2.49. The summed E-state index contributed by atoms with van der Waals surface area (Å²) in [6.45, 7) is 1.73. The van der Waals surface area contributed by atoms with Crippen LogP contribution in [0.1, 0.15) is 31.2 Å². The highest BCUT2D eigenvalue weighted by atomic mass is 16.6. The molecule has 1 N–H and O–H groups in total. The molecular weight excluding hydrogens is 364 g/mol. The number of nitrogens with zero attached hydrogens (tertiary/aromatic N) is 3. The molecule has 2 aliphatic carbocycles. The highest BCUT2D eigenvalue weighted by molar-refractivity contribution is 6.23. The lowest BCUT2D eigenvalue weighted by molar-refractivity contribution is -0.384. The third-order valence-corrected chi connectivity index (χ3v) is 6.03. The maximum atomic E-state index is 12.9. The van der Waals surface area contributed by atoms with Crippen LogP contribution in [0.4, 0.5) is 16.2 Å². The number of hydrogen-bond donors (Lipinski definition) is 1. The van der Waals surface area contributed by atoms with E-state index in [1.54, 1.807) is 13.0 Å². The molecule has 3 aliphatic rings. The molecule has 3 fully saturated rings. The molecule has 1 saturated heterocycles. The number of nitrogens with one attached hydrogen (secondary N) is 1. The lowest BCUT2D eigenvalue weighted by Crippen LogP contribution is -2.62.